The Hall–Kier alpha value is -3.16. The van der Waals surface area contributed by atoms with Crippen molar-refractivity contribution in [2.45, 2.75) is 58.9 Å². The molecule has 2 heterocycles. The van der Waals surface area contributed by atoms with Crippen molar-refractivity contribution in [1.82, 2.24) is 14.9 Å². The van der Waals surface area contributed by atoms with Gasteiger partial charge >= 0.3 is 5.97 Å². The van der Waals surface area contributed by atoms with Crippen LogP contribution in [-0.2, 0) is 22.4 Å². The van der Waals surface area contributed by atoms with Crippen molar-refractivity contribution in [3.63, 3.8) is 0 Å². The summed E-state index contributed by atoms with van der Waals surface area (Å²) < 4.78 is 10.8. The van der Waals surface area contributed by atoms with Crippen LogP contribution in [0.4, 0.5) is 0 Å². The van der Waals surface area contributed by atoms with Gasteiger partial charge in [-0.1, -0.05) is 20.8 Å². The van der Waals surface area contributed by atoms with E-state index in [4.69, 9.17) is 9.47 Å². The zero-order valence-corrected chi connectivity index (χ0v) is 19.2. The molecule has 8 nitrogen and oxygen atoms in total. The molecule has 172 valence electrons. The topological polar surface area (TPSA) is 102 Å². The van der Waals surface area contributed by atoms with Gasteiger partial charge in [0.1, 0.15) is 17.6 Å². The first-order valence-electron chi connectivity index (χ1n) is 11.2. The van der Waals surface area contributed by atoms with Crippen molar-refractivity contribution in [3.8, 4) is 17.1 Å². The van der Waals surface area contributed by atoms with Crippen LogP contribution in [0.2, 0.25) is 0 Å². The number of carbonyl (C=O) groups is 2. The van der Waals surface area contributed by atoms with Gasteiger partial charge in [-0.2, -0.15) is 0 Å². The Labute approximate surface area is 188 Å². The first-order chi connectivity index (χ1) is 15.4. The van der Waals surface area contributed by atoms with E-state index in [1.54, 1.807) is 23.1 Å². The highest BCUT2D eigenvalue weighted by Gasteiger charge is 2.35. The summed E-state index contributed by atoms with van der Waals surface area (Å²) in [6.45, 7) is 6.87. The van der Waals surface area contributed by atoms with Crippen molar-refractivity contribution in [1.29, 1.82) is 0 Å². The van der Waals surface area contributed by atoms with E-state index in [0.29, 0.717) is 60.7 Å². The number of amides is 1. The number of carbonyl (C=O) groups excluding carboxylic acids is 2. The Morgan fingerprint density at radius 3 is 2.66 bits per heavy atom. The summed E-state index contributed by atoms with van der Waals surface area (Å²) in [7, 11) is 1.33. The summed E-state index contributed by atoms with van der Waals surface area (Å²) in [5, 5.41) is 0. The Kier molecular flexibility index (Phi) is 7.66. The summed E-state index contributed by atoms with van der Waals surface area (Å²) in [5.74, 6) is 0.247. The minimum absolute atomic E-state index is 0.183. The van der Waals surface area contributed by atoms with Gasteiger partial charge in [0, 0.05) is 17.7 Å². The lowest BCUT2D eigenvalue weighted by atomic mass is 10.1. The molecule has 1 aromatic heterocycles. The smallest absolute Gasteiger partial charge is 0.328 e. The zero-order valence-electron chi connectivity index (χ0n) is 19.2. The Morgan fingerprint density at radius 2 is 2.00 bits per heavy atom. The highest BCUT2D eigenvalue weighted by atomic mass is 16.5. The third-order valence-corrected chi connectivity index (χ3v) is 5.72. The zero-order chi connectivity index (χ0) is 23.3. The normalized spacial score (nSPS) is 15.6. The van der Waals surface area contributed by atoms with Crippen molar-refractivity contribution in [3.05, 3.63) is 45.4 Å². The summed E-state index contributed by atoms with van der Waals surface area (Å²) >= 11 is 0. The monoisotopic (exact) mass is 441 g/mol. The average Bonchev–Trinajstić information content (AvgIpc) is 3.31. The molecule has 0 aliphatic carbocycles. The van der Waals surface area contributed by atoms with E-state index in [1.165, 1.54) is 7.11 Å². The second-order valence-electron chi connectivity index (χ2n) is 7.79. The lowest BCUT2D eigenvalue weighted by molar-refractivity contribution is -0.145. The van der Waals surface area contributed by atoms with Crippen molar-refractivity contribution in [2.24, 2.45) is 0 Å². The summed E-state index contributed by atoms with van der Waals surface area (Å²) in [6, 6.07) is 4.51. The molecule has 0 bridgehead atoms. The van der Waals surface area contributed by atoms with Gasteiger partial charge in [-0.05, 0) is 50.3 Å². The maximum Gasteiger partial charge on any atom is 0.328 e. The van der Waals surface area contributed by atoms with Crippen LogP contribution in [-0.4, -0.2) is 53.0 Å². The standard InChI is InChI=1S/C24H31N3O5/c1-5-13-32-20-11-10-15(23(29)27-12-8-9-19(27)24(30)31-4)14-17(20)21-25-18(7-3)16(6-2)22(28)26-21/h10-11,14,19H,5-9,12-13H2,1-4H3,(H,25,26,28)/t19-/m0/s1. The number of ether oxygens (including phenoxy) is 2. The molecular formula is C24H31N3O5. The maximum absolute atomic E-state index is 13.3. The number of esters is 1. The van der Waals surface area contributed by atoms with E-state index in [2.05, 4.69) is 9.97 Å². The van der Waals surface area contributed by atoms with Crippen molar-refractivity contribution < 1.29 is 19.1 Å². The van der Waals surface area contributed by atoms with Gasteiger partial charge in [0.15, 0.2) is 0 Å². The highest BCUT2D eigenvalue weighted by Crippen LogP contribution is 2.31. The molecule has 0 saturated carbocycles. The molecule has 1 saturated heterocycles. The molecule has 1 N–H and O–H groups in total. The van der Waals surface area contributed by atoms with E-state index in [1.807, 2.05) is 20.8 Å². The summed E-state index contributed by atoms with van der Waals surface area (Å²) in [6.07, 6.45) is 3.35. The molecule has 1 amide bonds. The Balaban J connectivity index is 2.06. The Bertz CT molecular complexity index is 1050. The minimum atomic E-state index is -0.583. The number of hydrogen-bond acceptors (Lipinski definition) is 6. The molecule has 1 fully saturated rings. The Morgan fingerprint density at radius 1 is 1.22 bits per heavy atom. The largest absolute Gasteiger partial charge is 0.493 e. The lowest BCUT2D eigenvalue weighted by Crippen LogP contribution is -2.41. The van der Waals surface area contributed by atoms with Crippen LogP contribution in [0.5, 0.6) is 5.75 Å². The molecular weight excluding hydrogens is 410 g/mol. The first kappa shape index (κ1) is 23.5. The van der Waals surface area contributed by atoms with Crippen LogP contribution >= 0.6 is 0 Å². The number of nitrogens with one attached hydrogen (secondary N) is 1. The van der Waals surface area contributed by atoms with Crippen LogP contribution < -0.4 is 10.3 Å². The summed E-state index contributed by atoms with van der Waals surface area (Å²) in [4.78, 5) is 47.1. The predicted octanol–water partition coefficient (Wildman–Crippen LogP) is 3.13. The number of aromatic amines is 1. The third-order valence-electron chi connectivity index (χ3n) is 5.72. The molecule has 0 radical (unpaired) electrons. The number of rotatable bonds is 8. The third kappa shape index (κ3) is 4.69. The van der Waals surface area contributed by atoms with Crippen LogP contribution in [0.25, 0.3) is 11.4 Å². The number of H-pyrrole nitrogens is 1. The molecule has 1 atom stereocenters. The fourth-order valence-electron chi connectivity index (χ4n) is 4.07. The molecule has 32 heavy (non-hydrogen) atoms. The average molecular weight is 442 g/mol. The number of benzene rings is 1. The van der Waals surface area contributed by atoms with Crippen molar-refractivity contribution in [2.75, 3.05) is 20.3 Å². The number of likely N-dealkylation sites (tertiary alicyclic amines) is 1. The molecule has 3 rings (SSSR count). The van der Waals surface area contributed by atoms with Crippen LogP contribution in [0, 0.1) is 0 Å². The van der Waals surface area contributed by atoms with Gasteiger partial charge in [0.05, 0.1) is 25.0 Å². The lowest BCUT2D eigenvalue weighted by Gasteiger charge is -2.23. The molecule has 0 unspecified atom stereocenters. The number of aryl methyl sites for hydroxylation is 1. The van der Waals surface area contributed by atoms with E-state index < -0.39 is 12.0 Å². The SMILES string of the molecule is CCCOc1ccc(C(=O)N2CCC[C@H]2C(=O)OC)cc1-c1nc(CC)c(CC)c(=O)[nH]1. The maximum atomic E-state index is 13.3. The van der Waals surface area contributed by atoms with Crippen LogP contribution in [0.3, 0.4) is 0 Å². The number of hydrogen-bond donors (Lipinski definition) is 1. The number of nitrogens with zero attached hydrogens (tertiary/aromatic N) is 2. The quantitative estimate of drug-likeness (QED) is 0.632. The van der Waals surface area contributed by atoms with Crippen LogP contribution in [0.15, 0.2) is 23.0 Å². The summed E-state index contributed by atoms with van der Waals surface area (Å²) in [5.41, 5.74) is 2.16. The molecule has 0 spiro atoms. The molecule has 2 aromatic rings. The van der Waals surface area contributed by atoms with Crippen LogP contribution in [0.1, 0.15) is 61.6 Å². The van der Waals surface area contributed by atoms with Gasteiger partial charge < -0.3 is 19.4 Å². The van der Waals surface area contributed by atoms with E-state index in [0.717, 1.165) is 18.5 Å². The van der Waals surface area contributed by atoms with Crippen molar-refractivity contribution >= 4 is 11.9 Å². The second kappa shape index (κ2) is 10.4. The first-order valence-corrected chi connectivity index (χ1v) is 11.2. The fourth-order valence-corrected chi connectivity index (χ4v) is 4.07. The van der Waals surface area contributed by atoms with Gasteiger partial charge in [0.25, 0.3) is 11.5 Å². The van der Waals surface area contributed by atoms with E-state index in [9.17, 15) is 14.4 Å². The molecule has 1 aromatic carbocycles. The van der Waals surface area contributed by atoms with Gasteiger partial charge in [-0.15, -0.1) is 0 Å². The molecule has 8 heteroatoms. The molecule has 1 aliphatic rings. The van der Waals surface area contributed by atoms with E-state index >= 15 is 0 Å². The number of aromatic nitrogens is 2. The highest BCUT2D eigenvalue weighted by molar-refractivity contribution is 5.98. The van der Waals surface area contributed by atoms with E-state index in [-0.39, 0.29) is 11.5 Å². The number of methoxy groups -OCH3 is 1. The second-order valence-corrected chi connectivity index (χ2v) is 7.79. The fraction of sp³-hybridized carbons (Fsp3) is 0.500. The van der Waals surface area contributed by atoms with Gasteiger partial charge in [-0.3, -0.25) is 9.59 Å². The van der Waals surface area contributed by atoms with Gasteiger partial charge in [0.2, 0.25) is 0 Å². The van der Waals surface area contributed by atoms with Gasteiger partial charge in [-0.25, -0.2) is 9.78 Å². The minimum Gasteiger partial charge on any atom is -0.493 e. The predicted molar refractivity (Wildman–Crippen MR) is 121 cm³/mol. The molecule has 1 aliphatic heterocycles.